The molecule has 25 heavy (non-hydrogen) atoms. The van der Waals surface area contributed by atoms with Gasteiger partial charge >= 0.3 is 0 Å². The van der Waals surface area contributed by atoms with Crippen LogP contribution in [0.3, 0.4) is 0 Å². The van der Waals surface area contributed by atoms with Crippen LogP contribution in [0.15, 0.2) is 35.4 Å². The molecule has 2 heterocycles. The maximum atomic E-state index is 12.8. The SMILES string of the molecule is Cc1ccc(NC(=O)Cn2cnc3sc4c(c3c2=O)CCCC4)cc1. The maximum absolute atomic E-state index is 12.8. The minimum atomic E-state index is -0.226. The molecule has 0 saturated carbocycles. The normalized spacial score (nSPS) is 13.6. The van der Waals surface area contributed by atoms with Gasteiger partial charge in [0.05, 0.1) is 11.7 Å². The van der Waals surface area contributed by atoms with Crippen LogP contribution in [0.4, 0.5) is 5.69 Å². The van der Waals surface area contributed by atoms with Gasteiger partial charge in [-0.2, -0.15) is 0 Å². The van der Waals surface area contributed by atoms with Gasteiger partial charge in [0, 0.05) is 10.6 Å². The van der Waals surface area contributed by atoms with E-state index in [0.717, 1.165) is 40.9 Å². The number of thiophene rings is 1. The van der Waals surface area contributed by atoms with Gasteiger partial charge in [-0.3, -0.25) is 14.2 Å². The average molecular weight is 353 g/mol. The van der Waals surface area contributed by atoms with E-state index in [1.165, 1.54) is 22.2 Å². The summed E-state index contributed by atoms with van der Waals surface area (Å²) in [6, 6.07) is 7.58. The van der Waals surface area contributed by atoms with Crippen molar-refractivity contribution in [3.8, 4) is 0 Å². The molecule has 1 aromatic carbocycles. The molecule has 0 unspecified atom stereocenters. The molecule has 1 amide bonds. The van der Waals surface area contributed by atoms with Crippen molar-refractivity contribution in [3.63, 3.8) is 0 Å². The highest BCUT2D eigenvalue weighted by molar-refractivity contribution is 7.18. The molecule has 128 valence electrons. The summed E-state index contributed by atoms with van der Waals surface area (Å²) in [6.07, 6.45) is 5.74. The molecule has 1 aliphatic carbocycles. The van der Waals surface area contributed by atoms with Gasteiger partial charge in [0.15, 0.2) is 0 Å². The van der Waals surface area contributed by atoms with Crippen molar-refractivity contribution in [1.82, 2.24) is 9.55 Å². The van der Waals surface area contributed by atoms with Crippen molar-refractivity contribution in [3.05, 3.63) is 57.0 Å². The van der Waals surface area contributed by atoms with Crippen LogP contribution in [-0.4, -0.2) is 15.5 Å². The quantitative estimate of drug-likeness (QED) is 0.786. The van der Waals surface area contributed by atoms with Crippen molar-refractivity contribution < 1.29 is 4.79 Å². The number of fused-ring (bicyclic) bond motifs is 3. The molecule has 0 bridgehead atoms. The van der Waals surface area contributed by atoms with Gasteiger partial charge in [-0.1, -0.05) is 17.7 Å². The average Bonchev–Trinajstić information content (AvgIpc) is 2.99. The molecule has 0 radical (unpaired) electrons. The highest BCUT2D eigenvalue weighted by Gasteiger charge is 2.20. The lowest BCUT2D eigenvalue weighted by molar-refractivity contribution is -0.116. The zero-order valence-corrected chi connectivity index (χ0v) is 14.9. The monoisotopic (exact) mass is 353 g/mol. The van der Waals surface area contributed by atoms with E-state index in [1.807, 2.05) is 31.2 Å². The van der Waals surface area contributed by atoms with Gasteiger partial charge in [-0.15, -0.1) is 11.3 Å². The summed E-state index contributed by atoms with van der Waals surface area (Å²) in [5, 5.41) is 3.54. The Kier molecular flexibility index (Phi) is 4.13. The van der Waals surface area contributed by atoms with E-state index in [-0.39, 0.29) is 18.0 Å². The first-order valence-corrected chi connectivity index (χ1v) is 9.29. The first kappa shape index (κ1) is 16.0. The first-order chi connectivity index (χ1) is 12.1. The lowest BCUT2D eigenvalue weighted by atomic mass is 9.97. The van der Waals surface area contributed by atoms with Gasteiger partial charge in [0.1, 0.15) is 11.4 Å². The lowest BCUT2D eigenvalue weighted by Gasteiger charge is -2.10. The van der Waals surface area contributed by atoms with Gasteiger partial charge in [0.2, 0.25) is 5.91 Å². The van der Waals surface area contributed by atoms with Gasteiger partial charge in [0.25, 0.3) is 5.56 Å². The number of hydrogen-bond donors (Lipinski definition) is 1. The van der Waals surface area contributed by atoms with Crippen LogP contribution in [0.25, 0.3) is 10.2 Å². The van der Waals surface area contributed by atoms with E-state index in [9.17, 15) is 9.59 Å². The number of carbonyl (C=O) groups excluding carboxylic acids is 1. The molecular weight excluding hydrogens is 334 g/mol. The van der Waals surface area contributed by atoms with Crippen molar-refractivity contribution in [2.24, 2.45) is 0 Å². The van der Waals surface area contributed by atoms with Crippen LogP contribution in [-0.2, 0) is 24.2 Å². The number of carbonyl (C=O) groups is 1. The smallest absolute Gasteiger partial charge is 0.262 e. The van der Waals surface area contributed by atoms with Crippen molar-refractivity contribution in [2.45, 2.75) is 39.2 Å². The third-order valence-electron chi connectivity index (χ3n) is 4.59. The van der Waals surface area contributed by atoms with E-state index in [0.29, 0.717) is 5.39 Å². The van der Waals surface area contributed by atoms with E-state index in [1.54, 1.807) is 11.3 Å². The second-order valence-electron chi connectivity index (χ2n) is 6.48. The fourth-order valence-corrected chi connectivity index (χ4v) is 4.51. The Morgan fingerprint density at radius 2 is 2.00 bits per heavy atom. The molecule has 0 fully saturated rings. The Balaban J connectivity index is 1.61. The van der Waals surface area contributed by atoms with Crippen molar-refractivity contribution >= 4 is 33.1 Å². The number of nitrogens with one attached hydrogen (secondary N) is 1. The molecule has 3 aromatic rings. The van der Waals surface area contributed by atoms with Gasteiger partial charge in [-0.25, -0.2) is 4.98 Å². The third-order valence-corrected chi connectivity index (χ3v) is 5.79. The second kappa shape index (κ2) is 6.44. The minimum Gasteiger partial charge on any atom is -0.325 e. The third kappa shape index (κ3) is 3.09. The summed E-state index contributed by atoms with van der Waals surface area (Å²) >= 11 is 1.62. The van der Waals surface area contributed by atoms with Crippen LogP contribution in [0.1, 0.15) is 28.8 Å². The summed E-state index contributed by atoms with van der Waals surface area (Å²) in [5.41, 5.74) is 2.90. The molecule has 6 heteroatoms. The second-order valence-corrected chi connectivity index (χ2v) is 7.57. The van der Waals surface area contributed by atoms with Crippen LogP contribution < -0.4 is 10.9 Å². The van der Waals surface area contributed by atoms with Crippen molar-refractivity contribution in [2.75, 3.05) is 5.32 Å². The van der Waals surface area contributed by atoms with Gasteiger partial charge < -0.3 is 5.32 Å². The molecule has 0 atom stereocenters. The zero-order chi connectivity index (χ0) is 17.4. The number of rotatable bonds is 3. The summed E-state index contributed by atoms with van der Waals surface area (Å²) in [6.45, 7) is 1.97. The number of aryl methyl sites for hydroxylation is 3. The van der Waals surface area contributed by atoms with Crippen LogP contribution in [0.5, 0.6) is 0 Å². The summed E-state index contributed by atoms with van der Waals surface area (Å²) in [7, 11) is 0. The molecule has 5 nitrogen and oxygen atoms in total. The highest BCUT2D eigenvalue weighted by Crippen LogP contribution is 2.33. The maximum Gasteiger partial charge on any atom is 0.262 e. The predicted octanol–water partition coefficient (Wildman–Crippen LogP) is 3.28. The van der Waals surface area contributed by atoms with Crippen LogP contribution in [0, 0.1) is 6.92 Å². The highest BCUT2D eigenvalue weighted by atomic mass is 32.1. The zero-order valence-electron chi connectivity index (χ0n) is 14.0. The molecular formula is C19H19N3O2S. The number of nitrogens with zero attached hydrogens (tertiary/aromatic N) is 2. The first-order valence-electron chi connectivity index (χ1n) is 8.48. The Morgan fingerprint density at radius 3 is 2.80 bits per heavy atom. The van der Waals surface area contributed by atoms with Crippen LogP contribution >= 0.6 is 11.3 Å². The molecule has 1 N–H and O–H groups in total. The van der Waals surface area contributed by atoms with E-state index in [2.05, 4.69) is 10.3 Å². The van der Waals surface area contributed by atoms with Crippen LogP contribution in [0.2, 0.25) is 0 Å². The molecule has 0 spiro atoms. The van der Waals surface area contributed by atoms with Gasteiger partial charge in [-0.05, 0) is 50.3 Å². The number of amides is 1. The number of hydrogen-bond acceptors (Lipinski definition) is 4. The Bertz CT molecular complexity index is 1000. The van der Waals surface area contributed by atoms with E-state index >= 15 is 0 Å². The molecule has 0 saturated heterocycles. The fourth-order valence-electron chi connectivity index (χ4n) is 3.29. The molecule has 0 aliphatic heterocycles. The summed E-state index contributed by atoms with van der Waals surface area (Å²) < 4.78 is 1.41. The lowest BCUT2D eigenvalue weighted by Crippen LogP contribution is -2.28. The summed E-state index contributed by atoms with van der Waals surface area (Å²) in [4.78, 5) is 31.6. The molecule has 4 rings (SSSR count). The Hall–Kier alpha value is -2.47. The van der Waals surface area contributed by atoms with Crippen molar-refractivity contribution in [1.29, 1.82) is 0 Å². The standard InChI is InChI=1S/C19H19N3O2S/c1-12-6-8-13(9-7-12)21-16(23)10-22-11-20-18-17(19(22)24)14-4-2-3-5-15(14)25-18/h6-9,11H,2-5,10H2,1H3,(H,21,23). The predicted molar refractivity (Wildman–Crippen MR) is 100 cm³/mol. The summed E-state index contributed by atoms with van der Waals surface area (Å²) in [5.74, 6) is -0.226. The number of aromatic nitrogens is 2. The fraction of sp³-hybridized carbons (Fsp3) is 0.316. The Labute approximate surface area is 149 Å². The Morgan fingerprint density at radius 1 is 1.24 bits per heavy atom. The topological polar surface area (TPSA) is 64.0 Å². The number of benzene rings is 1. The molecule has 2 aromatic heterocycles. The largest absolute Gasteiger partial charge is 0.325 e. The number of anilines is 1. The minimum absolute atomic E-state index is 0.0275. The van der Waals surface area contributed by atoms with E-state index < -0.39 is 0 Å². The van der Waals surface area contributed by atoms with E-state index in [4.69, 9.17) is 0 Å². The molecule has 1 aliphatic rings.